The molecule has 0 aromatic heterocycles. The highest BCUT2D eigenvalue weighted by molar-refractivity contribution is 5.76. The molecule has 3 heterocycles. The number of amides is 1. The van der Waals surface area contributed by atoms with Crippen LogP contribution in [0.25, 0.3) is 0 Å². The second kappa shape index (κ2) is 9.45. The Labute approximate surface area is 174 Å². The van der Waals surface area contributed by atoms with Gasteiger partial charge in [-0.3, -0.25) is 9.69 Å². The molecule has 29 heavy (non-hydrogen) atoms. The van der Waals surface area contributed by atoms with Crippen molar-refractivity contribution >= 4 is 5.91 Å². The van der Waals surface area contributed by atoms with E-state index < -0.39 is 0 Å². The first-order valence-electron chi connectivity index (χ1n) is 11.0. The maximum absolute atomic E-state index is 12.7. The third-order valence-electron chi connectivity index (χ3n) is 6.84. The highest BCUT2D eigenvalue weighted by atomic mass is 16.5. The number of likely N-dealkylation sites (tertiary alicyclic amines) is 1. The average molecular weight is 403 g/mol. The van der Waals surface area contributed by atoms with Gasteiger partial charge in [-0.25, -0.2) is 0 Å². The number of carbonyl (C=O) groups is 1. The zero-order chi connectivity index (χ0) is 20.1. The molecule has 160 valence electrons. The van der Waals surface area contributed by atoms with Crippen molar-refractivity contribution in [2.24, 2.45) is 0 Å². The largest absolute Gasteiger partial charge is 0.497 e. The Bertz CT molecular complexity index is 664. The van der Waals surface area contributed by atoms with Crippen molar-refractivity contribution in [2.75, 3.05) is 53.1 Å². The van der Waals surface area contributed by atoms with Gasteiger partial charge in [-0.1, -0.05) is 12.1 Å². The summed E-state index contributed by atoms with van der Waals surface area (Å²) < 4.78 is 17.0. The fourth-order valence-corrected chi connectivity index (χ4v) is 4.97. The van der Waals surface area contributed by atoms with E-state index in [0.29, 0.717) is 12.5 Å². The minimum absolute atomic E-state index is 0.0337. The lowest BCUT2D eigenvalue weighted by molar-refractivity contribution is -0.151. The van der Waals surface area contributed by atoms with Crippen molar-refractivity contribution in [3.8, 4) is 5.75 Å². The third-order valence-corrected chi connectivity index (χ3v) is 6.84. The van der Waals surface area contributed by atoms with E-state index in [1.807, 2.05) is 29.2 Å². The predicted molar refractivity (Wildman–Crippen MR) is 111 cm³/mol. The van der Waals surface area contributed by atoms with Crippen molar-refractivity contribution in [3.63, 3.8) is 0 Å². The number of methoxy groups -OCH3 is 1. The van der Waals surface area contributed by atoms with Crippen LogP contribution >= 0.6 is 0 Å². The summed E-state index contributed by atoms with van der Waals surface area (Å²) in [7, 11) is 1.67. The summed E-state index contributed by atoms with van der Waals surface area (Å²) in [6.07, 6.45) is 5.48. The van der Waals surface area contributed by atoms with Crippen LogP contribution in [0.2, 0.25) is 0 Å². The summed E-state index contributed by atoms with van der Waals surface area (Å²) in [6.45, 7) is 6.25. The molecule has 1 spiro atoms. The monoisotopic (exact) mass is 402 g/mol. The molecule has 1 aromatic carbocycles. The van der Waals surface area contributed by atoms with E-state index in [0.717, 1.165) is 83.9 Å². The molecule has 6 heteroatoms. The number of ether oxygens (including phenoxy) is 3. The number of hydrogen-bond donors (Lipinski definition) is 0. The zero-order valence-corrected chi connectivity index (χ0v) is 17.6. The summed E-state index contributed by atoms with van der Waals surface area (Å²) in [6, 6.07) is 8.59. The summed E-state index contributed by atoms with van der Waals surface area (Å²) in [5, 5.41) is 0. The smallest absolute Gasteiger partial charge is 0.222 e. The molecule has 3 saturated heterocycles. The lowest BCUT2D eigenvalue weighted by atomic mass is 9.81. The third kappa shape index (κ3) is 5.11. The number of nitrogens with zero attached hydrogens (tertiary/aromatic N) is 2. The number of hydrogen-bond acceptors (Lipinski definition) is 5. The number of rotatable bonds is 5. The highest BCUT2D eigenvalue weighted by Gasteiger charge is 2.42. The van der Waals surface area contributed by atoms with Crippen molar-refractivity contribution in [1.82, 2.24) is 9.80 Å². The van der Waals surface area contributed by atoms with E-state index in [2.05, 4.69) is 4.90 Å². The summed E-state index contributed by atoms with van der Waals surface area (Å²) in [5.74, 6) is 1.11. The molecule has 4 rings (SSSR count). The van der Waals surface area contributed by atoms with Gasteiger partial charge in [0.2, 0.25) is 5.91 Å². The van der Waals surface area contributed by atoms with Gasteiger partial charge in [0.05, 0.1) is 25.9 Å². The topological polar surface area (TPSA) is 51.2 Å². The number of carbonyl (C=O) groups excluding carboxylic acids is 1. The van der Waals surface area contributed by atoms with E-state index in [-0.39, 0.29) is 11.5 Å². The van der Waals surface area contributed by atoms with Crippen molar-refractivity contribution in [1.29, 1.82) is 0 Å². The standard InChI is InChI=1S/C23H34N2O4/c1-27-21-5-2-19(3-6-21)4-7-22(26)25-11-9-23(10-12-25)18-20(8-15-29-23)24-13-16-28-17-14-24/h2-3,5-6,20H,4,7-18H2,1H3. The minimum atomic E-state index is -0.0337. The molecule has 1 unspecified atom stereocenters. The van der Waals surface area contributed by atoms with Crippen LogP contribution < -0.4 is 4.74 Å². The maximum Gasteiger partial charge on any atom is 0.222 e. The van der Waals surface area contributed by atoms with Gasteiger partial charge in [0.15, 0.2) is 0 Å². The highest BCUT2D eigenvalue weighted by Crippen LogP contribution is 2.37. The van der Waals surface area contributed by atoms with Crippen molar-refractivity contribution < 1.29 is 19.0 Å². The van der Waals surface area contributed by atoms with Gasteiger partial charge in [-0.05, 0) is 49.8 Å². The predicted octanol–water partition coefficient (Wildman–Crippen LogP) is 2.50. The van der Waals surface area contributed by atoms with Gasteiger partial charge in [-0.2, -0.15) is 0 Å². The molecular weight excluding hydrogens is 368 g/mol. The fourth-order valence-electron chi connectivity index (χ4n) is 4.97. The molecule has 1 aromatic rings. The quantitative estimate of drug-likeness (QED) is 0.758. The van der Waals surface area contributed by atoms with Crippen LogP contribution in [-0.4, -0.2) is 80.5 Å². The molecule has 6 nitrogen and oxygen atoms in total. The van der Waals surface area contributed by atoms with Gasteiger partial charge in [0, 0.05) is 45.2 Å². The summed E-state index contributed by atoms with van der Waals surface area (Å²) in [5.41, 5.74) is 1.14. The first-order chi connectivity index (χ1) is 14.2. The van der Waals surface area contributed by atoms with Crippen LogP contribution in [0.3, 0.4) is 0 Å². The van der Waals surface area contributed by atoms with E-state index in [1.165, 1.54) is 5.56 Å². The molecule has 1 atom stereocenters. The Morgan fingerprint density at radius 3 is 2.52 bits per heavy atom. The molecule has 0 aliphatic carbocycles. The van der Waals surface area contributed by atoms with Crippen LogP contribution in [0.4, 0.5) is 0 Å². The first kappa shape index (κ1) is 20.6. The van der Waals surface area contributed by atoms with Gasteiger partial charge in [0.1, 0.15) is 5.75 Å². The van der Waals surface area contributed by atoms with Crippen LogP contribution in [0, 0.1) is 0 Å². The molecule has 0 saturated carbocycles. The Hall–Kier alpha value is -1.63. The van der Waals surface area contributed by atoms with E-state index in [1.54, 1.807) is 7.11 Å². The Balaban J connectivity index is 1.25. The normalized spacial score (nSPS) is 25.1. The minimum Gasteiger partial charge on any atom is -0.497 e. The Morgan fingerprint density at radius 2 is 1.83 bits per heavy atom. The van der Waals surface area contributed by atoms with Crippen molar-refractivity contribution in [3.05, 3.63) is 29.8 Å². The summed E-state index contributed by atoms with van der Waals surface area (Å²) >= 11 is 0. The molecule has 1 amide bonds. The number of morpholine rings is 1. The van der Waals surface area contributed by atoms with Crippen LogP contribution in [0.1, 0.15) is 37.7 Å². The Morgan fingerprint density at radius 1 is 1.10 bits per heavy atom. The van der Waals surface area contributed by atoms with Crippen LogP contribution in [0.15, 0.2) is 24.3 Å². The van der Waals surface area contributed by atoms with Gasteiger partial charge in [0.25, 0.3) is 0 Å². The van der Waals surface area contributed by atoms with Crippen molar-refractivity contribution in [2.45, 2.75) is 50.2 Å². The van der Waals surface area contributed by atoms with Crippen LogP contribution in [-0.2, 0) is 20.7 Å². The average Bonchev–Trinajstić information content (AvgIpc) is 2.79. The second-order valence-electron chi connectivity index (χ2n) is 8.56. The first-order valence-corrected chi connectivity index (χ1v) is 11.0. The van der Waals surface area contributed by atoms with Gasteiger partial charge < -0.3 is 19.1 Å². The lowest BCUT2D eigenvalue weighted by Crippen LogP contribution is -2.55. The second-order valence-corrected chi connectivity index (χ2v) is 8.56. The zero-order valence-electron chi connectivity index (χ0n) is 17.6. The molecule has 3 fully saturated rings. The number of aryl methyl sites for hydroxylation is 1. The maximum atomic E-state index is 12.7. The SMILES string of the molecule is COc1ccc(CCC(=O)N2CCC3(CC2)CC(N2CCOCC2)CCO3)cc1. The molecular formula is C23H34N2O4. The number of piperidine rings is 1. The van der Waals surface area contributed by atoms with Crippen LogP contribution in [0.5, 0.6) is 5.75 Å². The molecule has 3 aliphatic rings. The van der Waals surface area contributed by atoms with E-state index in [9.17, 15) is 4.79 Å². The molecule has 0 bridgehead atoms. The Kier molecular flexibility index (Phi) is 6.73. The van der Waals surface area contributed by atoms with E-state index >= 15 is 0 Å². The summed E-state index contributed by atoms with van der Waals surface area (Å²) in [4.78, 5) is 17.3. The fraction of sp³-hybridized carbons (Fsp3) is 0.696. The molecule has 0 N–H and O–H groups in total. The van der Waals surface area contributed by atoms with Gasteiger partial charge in [-0.15, -0.1) is 0 Å². The lowest BCUT2D eigenvalue weighted by Gasteiger charge is -2.49. The number of benzene rings is 1. The van der Waals surface area contributed by atoms with Gasteiger partial charge >= 0.3 is 0 Å². The molecule has 0 radical (unpaired) electrons. The van der Waals surface area contributed by atoms with E-state index in [4.69, 9.17) is 14.2 Å². The molecule has 3 aliphatic heterocycles.